The maximum atomic E-state index is 11.8. The van der Waals surface area contributed by atoms with Crippen LogP contribution >= 0.6 is 11.3 Å². The SMILES string of the molecule is CCc1cnc(C(C)NC(=O)C(C)C(N)=NO)s1. The molecule has 0 saturated heterocycles. The summed E-state index contributed by atoms with van der Waals surface area (Å²) in [6.45, 7) is 5.49. The third-order valence-electron chi connectivity index (χ3n) is 2.60. The van der Waals surface area contributed by atoms with Crippen molar-refractivity contribution in [3.8, 4) is 0 Å². The highest BCUT2D eigenvalue weighted by atomic mass is 32.1. The molecule has 2 unspecified atom stereocenters. The lowest BCUT2D eigenvalue weighted by molar-refractivity contribution is -0.123. The lowest BCUT2D eigenvalue weighted by atomic mass is 10.1. The zero-order valence-corrected chi connectivity index (χ0v) is 11.5. The molecule has 100 valence electrons. The molecular weight excluding hydrogens is 252 g/mol. The van der Waals surface area contributed by atoms with Crippen molar-refractivity contribution in [2.75, 3.05) is 0 Å². The molecule has 1 amide bonds. The number of amidine groups is 1. The topological polar surface area (TPSA) is 101 Å². The average Bonchev–Trinajstić information content (AvgIpc) is 2.85. The quantitative estimate of drug-likeness (QED) is 0.324. The molecule has 1 aromatic heterocycles. The van der Waals surface area contributed by atoms with Crippen molar-refractivity contribution in [1.82, 2.24) is 10.3 Å². The summed E-state index contributed by atoms with van der Waals surface area (Å²) in [7, 11) is 0. The Balaban J connectivity index is 2.64. The van der Waals surface area contributed by atoms with Crippen molar-refractivity contribution < 1.29 is 10.0 Å². The van der Waals surface area contributed by atoms with Crippen LogP contribution in [0.3, 0.4) is 0 Å². The summed E-state index contributed by atoms with van der Waals surface area (Å²) in [5, 5.41) is 15.0. The minimum Gasteiger partial charge on any atom is -0.409 e. The van der Waals surface area contributed by atoms with E-state index in [2.05, 4.69) is 22.4 Å². The van der Waals surface area contributed by atoms with Crippen LogP contribution in [0.25, 0.3) is 0 Å². The number of nitrogens with zero attached hydrogens (tertiary/aromatic N) is 2. The smallest absolute Gasteiger partial charge is 0.231 e. The van der Waals surface area contributed by atoms with Gasteiger partial charge in [0.25, 0.3) is 0 Å². The second-order valence-electron chi connectivity index (χ2n) is 4.00. The van der Waals surface area contributed by atoms with E-state index in [4.69, 9.17) is 10.9 Å². The van der Waals surface area contributed by atoms with Gasteiger partial charge >= 0.3 is 0 Å². The molecule has 0 aromatic carbocycles. The van der Waals surface area contributed by atoms with Crippen LogP contribution in [0.1, 0.15) is 36.7 Å². The van der Waals surface area contributed by atoms with Crippen molar-refractivity contribution in [1.29, 1.82) is 0 Å². The number of nitrogens with two attached hydrogens (primary N) is 1. The Bertz CT molecular complexity index is 444. The highest BCUT2D eigenvalue weighted by Gasteiger charge is 2.21. The van der Waals surface area contributed by atoms with E-state index in [0.717, 1.165) is 11.4 Å². The molecular formula is C11H18N4O2S. The predicted octanol–water partition coefficient (Wildman–Crippen LogP) is 1.27. The molecule has 1 rings (SSSR count). The number of nitrogens with one attached hydrogen (secondary N) is 1. The van der Waals surface area contributed by atoms with E-state index in [0.29, 0.717) is 0 Å². The second-order valence-corrected chi connectivity index (χ2v) is 5.14. The molecule has 0 radical (unpaired) electrons. The Morgan fingerprint density at radius 2 is 2.33 bits per heavy atom. The van der Waals surface area contributed by atoms with E-state index < -0.39 is 5.92 Å². The number of oxime groups is 1. The Morgan fingerprint density at radius 1 is 1.67 bits per heavy atom. The van der Waals surface area contributed by atoms with Gasteiger partial charge in [0.05, 0.1) is 12.0 Å². The zero-order valence-electron chi connectivity index (χ0n) is 10.7. The van der Waals surface area contributed by atoms with Crippen LogP contribution in [-0.2, 0) is 11.2 Å². The molecule has 0 bridgehead atoms. The first-order valence-corrected chi connectivity index (χ1v) is 6.53. The Morgan fingerprint density at radius 3 is 2.83 bits per heavy atom. The van der Waals surface area contributed by atoms with E-state index in [1.54, 1.807) is 18.3 Å². The molecule has 0 fully saturated rings. The fourth-order valence-corrected chi connectivity index (χ4v) is 2.17. The van der Waals surface area contributed by atoms with Crippen LogP contribution in [0.4, 0.5) is 0 Å². The number of rotatable bonds is 5. The summed E-state index contributed by atoms with van der Waals surface area (Å²) >= 11 is 1.57. The molecule has 6 nitrogen and oxygen atoms in total. The van der Waals surface area contributed by atoms with Crippen LogP contribution < -0.4 is 11.1 Å². The fourth-order valence-electron chi connectivity index (χ4n) is 1.31. The number of hydrogen-bond acceptors (Lipinski definition) is 5. The number of amides is 1. The molecule has 0 aliphatic heterocycles. The largest absolute Gasteiger partial charge is 0.409 e. The summed E-state index contributed by atoms with van der Waals surface area (Å²) < 4.78 is 0. The van der Waals surface area contributed by atoms with Gasteiger partial charge < -0.3 is 16.3 Å². The number of thiazole rings is 1. The van der Waals surface area contributed by atoms with Crippen LogP contribution in [0.5, 0.6) is 0 Å². The van der Waals surface area contributed by atoms with Gasteiger partial charge in [-0.15, -0.1) is 11.3 Å². The second kappa shape index (κ2) is 6.34. The number of aromatic nitrogens is 1. The van der Waals surface area contributed by atoms with Gasteiger partial charge in [0, 0.05) is 11.1 Å². The molecule has 7 heteroatoms. The molecule has 2 atom stereocenters. The van der Waals surface area contributed by atoms with Gasteiger partial charge in [0.1, 0.15) is 5.01 Å². The molecule has 1 heterocycles. The maximum absolute atomic E-state index is 11.8. The van der Waals surface area contributed by atoms with Gasteiger partial charge in [-0.25, -0.2) is 4.98 Å². The van der Waals surface area contributed by atoms with E-state index >= 15 is 0 Å². The Hall–Kier alpha value is -1.63. The lowest BCUT2D eigenvalue weighted by Gasteiger charge is -2.14. The van der Waals surface area contributed by atoms with Crippen LogP contribution in [0, 0.1) is 5.92 Å². The Kier molecular flexibility index (Phi) is 5.08. The number of aryl methyl sites for hydroxylation is 1. The van der Waals surface area contributed by atoms with Crippen molar-refractivity contribution in [2.45, 2.75) is 33.2 Å². The van der Waals surface area contributed by atoms with Crippen LogP contribution in [0.2, 0.25) is 0 Å². The minimum atomic E-state index is -0.664. The molecule has 0 spiro atoms. The van der Waals surface area contributed by atoms with Crippen LogP contribution in [0.15, 0.2) is 11.4 Å². The number of carbonyl (C=O) groups excluding carboxylic acids is 1. The van der Waals surface area contributed by atoms with E-state index in [1.165, 1.54) is 4.88 Å². The normalized spacial score (nSPS) is 15.2. The van der Waals surface area contributed by atoms with Gasteiger partial charge in [0.2, 0.25) is 5.91 Å². The first kappa shape index (κ1) is 14.4. The average molecular weight is 270 g/mol. The summed E-state index contributed by atoms with van der Waals surface area (Å²) in [4.78, 5) is 17.2. The van der Waals surface area contributed by atoms with Crippen molar-refractivity contribution in [3.05, 3.63) is 16.1 Å². The third kappa shape index (κ3) is 3.43. The Labute approximate surface area is 110 Å². The minimum absolute atomic E-state index is 0.104. The summed E-state index contributed by atoms with van der Waals surface area (Å²) in [5.41, 5.74) is 5.38. The van der Waals surface area contributed by atoms with Gasteiger partial charge in [-0.2, -0.15) is 0 Å². The first-order chi connectivity index (χ1) is 8.49. The fraction of sp³-hybridized carbons (Fsp3) is 0.545. The molecule has 4 N–H and O–H groups in total. The standard InChI is InChI=1S/C11H18N4O2S/c1-4-8-5-13-11(18-8)7(3)14-10(16)6(2)9(12)15-17/h5-7,17H,4H2,1-3H3,(H2,12,15)(H,14,16). The van der Waals surface area contributed by atoms with Gasteiger partial charge in [-0.3, -0.25) is 4.79 Å². The van der Waals surface area contributed by atoms with E-state index in [9.17, 15) is 4.79 Å². The predicted molar refractivity (Wildman–Crippen MR) is 70.6 cm³/mol. The lowest BCUT2D eigenvalue weighted by Crippen LogP contribution is -2.38. The highest BCUT2D eigenvalue weighted by molar-refractivity contribution is 7.11. The monoisotopic (exact) mass is 270 g/mol. The molecule has 1 aromatic rings. The molecule has 0 saturated carbocycles. The molecule has 0 aliphatic rings. The molecule has 18 heavy (non-hydrogen) atoms. The van der Waals surface area contributed by atoms with Crippen molar-refractivity contribution in [2.24, 2.45) is 16.8 Å². The maximum Gasteiger partial charge on any atom is 0.231 e. The number of carbonyl (C=O) groups is 1. The van der Waals surface area contributed by atoms with Crippen molar-refractivity contribution >= 4 is 23.1 Å². The van der Waals surface area contributed by atoms with Gasteiger partial charge in [0.15, 0.2) is 5.84 Å². The van der Waals surface area contributed by atoms with Crippen molar-refractivity contribution in [3.63, 3.8) is 0 Å². The highest BCUT2D eigenvalue weighted by Crippen LogP contribution is 2.20. The summed E-state index contributed by atoms with van der Waals surface area (Å²) in [6.07, 6.45) is 2.74. The van der Waals surface area contributed by atoms with E-state index in [1.807, 2.05) is 13.1 Å². The number of hydrogen-bond donors (Lipinski definition) is 3. The van der Waals surface area contributed by atoms with Gasteiger partial charge in [-0.1, -0.05) is 12.1 Å². The molecule has 0 aliphatic carbocycles. The first-order valence-electron chi connectivity index (χ1n) is 5.72. The van der Waals surface area contributed by atoms with E-state index in [-0.39, 0.29) is 17.8 Å². The summed E-state index contributed by atoms with van der Waals surface area (Å²) in [5.74, 6) is -1.05. The van der Waals surface area contributed by atoms with Gasteiger partial charge in [-0.05, 0) is 20.3 Å². The summed E-state index contributed by atoms with van der Waals surface area (Å²) in [6, 6.07) is -0.184. The zero-order chi connectivity index (χ0) is 13.7. The third-order valence-corrected chi connectivity index (χ3v) is 3.93. The van der Waals surface area contributed by atoms with Crippen LogP contribution in [-0.4, -0.2) is 21.9 Å².